The lowest BCUT2D eigenvalue weighted by Crippen LogP contribution is -2.36. The number of carboxylic acids is 2. The van der Waals surface area contributed by atoms with E-state index in [4.69, 9.17) is 5.11 Å². The van der Waals surface area contributed by atoms with Crippen LogP contribution in [0.2, 0.25) is 0 Å². The van der Waals surface area contributed by atoms with Gasteiger partial charge in [-0.3, -0.25) is 14.4 Å². The average molecular weight is 514 g/mol. The van der Waals surface area contributed by atoms with Crippen molar-refractivity contribution < 1.29 is 24.6 Å². The molecule has 1 amide bonds. The molecule has 0 aliphatic carbocycles. The van der Waals surface area contributed by atoms with E-state index in [1.54, 1.807) is 0 Å². The number of aliphatic carboxylic acids is 2. The number of nitrogens with zero attached hydrogens (tertiary/aromatic N) is 2. The summed E-state index contributed by atoms with van der Waals surface area (Å²) in [5.41, 5.74) is 3.73. The fourth-order valence-electron chi connectivity index (χ4n) is 4.53. The van der Waals surface area contributed by atoms with E-state index in [2.05, 4.69) is 5.32 Å². The highest BCUT2D eigenvalue weighted by Gasteiger charge is 2.28. The molecule has 2 heterocycles. The lowest BCUT2D eigenvalue weighted by atomic mass is 9.85. The van der Waals surface area contributed by atoms with Gasteiger partial charge in [0.2, 0.25) is 5.91 Å². The Labute approximate surface area is 221 Å². The van der Waals surface area contributed by atoms with Gasteiger partial charge < -0.3 is 24.7 Å². The Morgan fingerprint density at radius 2 is 1.13 bits per heavy atom. The number of rotatable bonds is 13. The smallest absolute Gasteiger partial charge is 0.306 e. The highest BCUT2D eigenvalue weighted by Crippen LogP contribution is 2.24. The van der Waals surface area contributed by atoms with Crippen LogP contribution in [0.25, 0.3) is 11.4 Å². The van der Waals surface area contributed by atoms with Crippen LogP contribution in [0, 0.1) is 11.8 Å². The van der Waals surface area contributed by atoms with Crippen LogP contribution in [0.5, 0.6) is 0 Å². The maximum atomic E-state index is 13.1. The Balaban J connectivity index is 1.48. The van der Waals surface area contributed by atoms with Crippen molar-refractivity contribution in [2.24, 2.45) is 11.8 Å². The molecule has 4 aromatic rings. The van der Waals surface area contributed by atoms with Crippen LogP contribution in [0.1, 0.15) is 24.0 Å². The zero-order valence-electron chi connectivity index (χ0n) is 20.9. The summed E-state index contributed by atoms with van der Waals surface area (Å²) < 4.78 is 3.94. The van der Waals surface area contributed by atoms with E-state index in [1.807, 2.05) is 107 Å². The SMILES string of the molecule is O=C(O)CCNC(=O)[C@H](Cc1ccc(-n2cccc2)cc1)C[C@@H](Cc1ccc(-n2cccc2)cc1)C(=O)O. The second kappa shape index (κ2) is 12.6. The number of benzene rings is 2. The fourth-order valence-corrected chi connectivity index (χ4v) is 4.53. The van der Waals surface area contributed by atoms with Crippen LogP contribution in [-0.2, 0) is 27.2 Å². The monoisotopic (exact) mass is 513 g/mol. The third kappa shape index (κ3) is 7.22. The molecule has 0 aliphatic heterocycles. The van der Waals surface area contributed by atoms with Crippen molar-refractivity contribution in [2.75, 3.05) is 6.54 Å². The van der Waals surface area contributed by atoms with Crippen LogP contribution < -0.4 is 5.32 Å². The van der Waals surface area contributed by atoms with Gasteiger partial charge in [0.25, 0.3) is 0 Å². The standard InChI is InChI=1S/C30H31N3O5/c34-28(35)13-14-31-29(36)24(19-22-5-9-26(10-6-22)32-15-1-2-16-32)21-25(30(37)38)20-23-7-11-27(12-8-23)33-17-3-4-18-33/h1-12,15-18,24-25H,13-14,19-21H2,(H,31,36)(H,34,35)(H,37,38)/t24-,25-/m1/s1. The first-order valence-electron chi connectivity index (χ1n) is 12.6. The third-order valence-corrected chi connectivity index (χ3v) is 6.57. The Morgan fingerprint density at radius 3 is 1.55 bits per heavy atom. The fraction of sp³-hybridized carbons (Fsp3) is 0.233. The first-order chi connectivity index (χ1) is 18.4. The first kappa shape index (κ1) is 26.5. The van der Waals surface area contributed by atoms with Crippen LogP contribution in [-0.4, -0.2) is 43.7 Å². The van der Waals surface area contributed by atoms with E-state index >= 15 is 0 Å². The van der Waals surface area contributed by atoms with Gasteiger partial charge in [0.1, 0.15) is 0 Å². The third-order valence-electron chi connectivity index (χ3n) is 6.57. The van der Waals surface area contributed by atoms with Crippen molar-refractivity contribution in [3.63, 3.8) is 0 Å². The van der Waals surface area contributed by atoms with Gasteiger partial charge in [-0.25, -0.2) is 0 Å². The highest BCUT2D eigenvalue weighted by atomic mass is 16.4. The Bertz CT molecular complexity index is 1330. The molecular formula is C30H31N3O5. The molecule has 0 bridgehead atoms. The van der Waals surface area contributed by atoms with Crippen LogP contribution in [0.15, 0.2) is 97.6 Å². The van der Waals surface area contributed by atoms with Gasteiger partial charge in [-0.05, 0) is 78.9 Å². The molecule has 3 N–H and O–H groups in total. The minimum absolute atomic E-state index is 0.00414. The molecule has 0 radical (unpaired) electrons. The van der Waals surface area contributed by atoms with E-state index in [0.717, 1.165) is 22.5 Å². The summed E-state index contributed by atoms with van der Waals surface area (Å²) in [5.74, 6) is -3.71. The lowest BCUT2D eigenvalue weighted by molar-refractivity contribution is -0.142. The van der Waals surface area contributed by atoms with Crippen molar-refractivity contribution in [2.45, 2.75) is 25.7 Å². The molecule has 196 valence electrons. The predicted molar refractivity (Wildman–Crippen MR) is 143 cm³/mol. The molecule has 8 heteroatoms. The van der Waals surface area contributed by atoms with Gasteiger partial charge in [-0.15, -0.1) is 0 Å². The van der Waals surface area contributed by atoms with Gasteiger partial charge in [0.05, 0.1) is 12.3 Å². The number of carbonyl (C=O) groups is 3. The Hall–Kier alpha value is -4.59. The molecule has 0 aliphatic rings. The maximum Gasteiger partial charge on any atom is 0.306 e. The molecule has 2 aromatic heterocycles. The molecule has 0 spiro atoms. The second-order valence-electron chi connectivity index (χ2n) is 9.32. The largest absolute Gasteiger partial charge is 0.481 e. The molecule has 0 saturated carbocycles. The lowest BCUT2D eigenvalue weighted by Gasteiger charge is -2.21. The maximum absolute atomic E-state index is 13.1. The van der Waals surface area contributed by atoms with Crippen molar-refractivity contribution in [3.8, 4) is 11.4 Å². The molecule has 2 aromatic carbocycles. The molecule has 8 nitrogen and oxygen atoms in total. The number of hydrogen-bond donors (Lipinski definition) is 3. The average Bonchev–Trinajstić information content (AvgIpc) is 3.63. The predicted octanol–water partition coefficient (Wildman–Crippen LogP) is 4.35. The number of aromatic nitrogens is 2. The number of hydrogen-bond acceptors (Lipinski definition) is 3. The first-order valence-corrected chi connectivity index (χ1v) is 12.6. The summed E-state index contributed by atoms with van der Waals surface area (Å²) in [6.07, 6.45) is 8.33. The minimum Gasteiger partial charge on any atom is -0.481 e. The van der Waals surface area contributed by atoms with Gasteiger partial charge >= 0.3 is 11.9 Å². The topological polar surface area (TPSA) is 114 Å². The minimum atomic E-state index is -1.01. The molecule has 38 heavy (non-hydrogen) atoms. The highest BCUT2D eigenvalue weighted by molar-refractivity contribution is 5.80. The summed E-state index contributed by atoms with van der Waals surface area (Å²) in [5, 5.41) is 21.6. The summed E-state index contributed by atoms with van der Waals surface area (Å²) in [4.78, 5) is 36.2. The quantitative estimate of drug-likeness (QED) is 0.246. The summed E-state index contributed by atoms with van der Waals surface area (Å²) >= 11 is 0. The normalized spacial score (nSPS) is 12.5. The zero-order valence-corrected chi connectivity index (χ0v) is 20.9. The van der Waals surface area contributed by atoms with E-state index < -0.39 is 23.8 Å². The van der Waals surface area contributed by atoms with Gasteiger partial charge in [-0.2, -0.15) is 0 Å². The van der Waals surface area contributed by atoms with Gasteiger partial charge in [0.15, 0.2) is 0 Å². The number of nitrogens with one attached hydrogen (secondary N) is 1. The van der Waals surface area contributed by atoms with E-state index in [0.29, 0.717) is 6.42 Å². The van der Waals surface area contributed by atoms with Crippen LogP contribution in [0.3, 0.4) is 0 Å². The van der Waals surface area contributed by atoms with Gasteiger partial charge in [0, 0.05) is 48.6 Å². The molecule has 0 unspecified atom stereocenters. The second-order valence-corrected chi connectivity index (χ2v) is 9.32. The van der Waals surface area contributed by atoms with Gasteiger partial charge in [-0.1, -0.05) is 24.3 Å². The summed E-state index contributed by atoms with van der Waals surface area (Å²) in [7, 11) is 0. The van der Waals surface area contributed by atoms with Crippen LogP contribution in [0.4, 0.5) is 0 Å². The van der Waals surface area contributed by atoms with Crippen molar-refractivity contribution in [1.82, 2.24) is 14.5 Å². The van der Waals surface area contributed by atoms with Crippen LogP contribution >= 0.6 is 0 Å². The molecule has 0 fully saturated rings. The van der Waals surface area contributed by atoms with Crippen molar-refractivity contribution in [1.29, 1.82) is 0 Å². The zero-order chi connectivity index (χ0) is 26.9. The Morgan fingerprint density at radius 1 is 0.684 bits per heavy atom. The summed E-state index contributed by atoms with van der Waals surface area (Å²) in [6.45, 7) is -0.00414. The van der Waals surface area contributed by atoms with Crippen molar-refractivity contribution in [3.05, 3.63) is 109 Å². The van der Waals surface area contributed by atoms with E-state index in [1.165, 1.54) is 0 Å². The summed E-state index contributed by atoms with van der Waals surface area (Å²) in [6, 6.07) is 23.2. The molecule has 2 atom stereocenters. The Kier molecular flexibility index (Phi) is 8.77. The molecule has 0 saturated heterocycles. The molecule has 4 rings (SSSR count). The number of amides is 1. The molecular weight excluding hydrogens is 482 g/mol. The van der Waals surface area contributed by atoms with E-state index in [-0.39, 0.29) is 31.7 Å². The number of carboxylic acid groups (broad SMARTS) is 2. The van der Waals surface area contributed by atoms with Crippen molar-refractivity contribution >= 4 is 17.8 Å². The van der Waals surface area contributed by atoms with E-state index in [9.17, 15) is 19.5 Å². The number of carbonyl (C=O) groups excluding carboxylic acids is 1.